The number of ether oxygens (including phenoxy) is 2. The number of carbonyl (C=O) groups excluding carboxylic acids is 1. The van der Waals surface area contributed by atoms with E-state index in [1.54, 1.807) is 13.8 Å². The molecule has 0 bridgehead atoms. The Kier molecular flexibility index (Phi) is 3.82. The lowest BCUT2D eigenvalue weighted by atomic mass is 10.1. The van der Waals surface area contributed by atoms with E-state index in [9.17, 15) is 4.79 Å². The molecule has 0 heterocycles. The van der Waals surface area contributed by atoms with Gasteiger partial charge in [-0.25, -0.2) is 4.79 Å². The monoisotopic (exact) mass is 244 g/mol. The van der Waals surface area contributed by atoms with Crippen molar-refractivity contribution in [3.8, 4) is 5.75 Å². The van der Waals surface area contributed by atoms with Gasteiger partial charge in [0.1, 0.15) is 5.75 Å². The van der Waals surface area contributed by atoms with Gasteiger partial charge in [0.2, 0.25) is 0 Å². The molecule has 0 aliphatic carbocycles. The minimum absolute atomic E-state index is 0.342. The van der Waals surface area contributed by atoms with Crippen LogP contribution in [0.4, 0.5) is 0 Å². The van der Waals surface area contributed by atoms with Crippen molar-refractivity contribution in [1.82, 2.24) is 0 Å². The van der Waals surface area contributed by atoms with Gasteiger partial charge in [-0.3, -0.25) is 0 Å². The Morgan fingerprint density at radius 2 is 1.89 bits per heavy atom. The van der Waals surface area contributed by atoms with Crippen LogP contribution >= 0.6 is 0 Å². The van der Waals surface area contributed by atoms with Gasteiger partial charge in [0.15, 0.2) is 6.10 Å². The number of hydrogen-bond acceptors (Lipinski definition) is 3. The lowest BCUT2D eigenvalue weighted by Crippen LogP contribution is -2.26. The maximum Gasteiger partial charge on any atom is 0.347 e. The summed E-state index contributed by atoms with van der Waals surface area (Å²) >= 11 is 0. The molecule has 0 aliphatic rings. The SMILES string of the molecule is CCOC(=O)[C@H](C)Oc1cccc2ccccc12. The molecule has 94 valence electrons. The molecule has 0 saturated heterocycles. The van der Waals surface area contributed by atoms with Gasteiger partial charge in [0.05, 0.1) is 6.61 Å². The van der Waals surface area contributed by atoms with Crippen molar-refractivity contribution in [1.29, 1.82) is 0 Å². The van der Waals surface area contributed by atoms with Crippen molar-refractivity contribution in [2.24, 2.45) is 0 Å². The second-order valence-electron chi connectivity index (χ2n) is 3.99. The summed E-state index contributed by atoms with van der Waals surface area (Å²) in [7, 11) is 0. The van der Waals surface area contributed by atoms with Crippen LogP contribution < -0.4 is 4.74 Å². The fraction of sp³-hybridized carbons (Fsp3) is 0.267. The summed E-state index contributed by atoms with van der Waals surface area (Å²) in [4.78, 5) is 11.5. The van der Waals surface area contributed by atoms with Gasteiger partial charge in [-0.1, -0.05) is 36.4 Å². The molecular weight excluding hydrogens is 228 g/mol. The van der Waals surface area contributed by atoms with Crippen LogP contribution in [0.25, 0.3) is 10.8 Å². The minimum atomic E-state index is -0.601. The number of hydrogen-bond donors (Lipinski definition) is 0. The third-order valence-electron chi connectivity index (χ3n) is 2.67. The average molecular weight is 244 g/mol. The van der Waals surface area contributed by atoms with Crippen LogP contribution in [0, 0.1) is 0 Å². The van der Waals surface area contributed by atoms with Crippen molar-refractivity contribution in [2.45, 2.75) is 20.0 Å². The number of esters is 1. The molecule has 3 nitrogen and oxygen atoms in total. The summed E-state index contributed by atoms with van der Waals surface area (Å²) in [5.74, 6) is 0.360. The quantitative estimate of drug-likeness (QED) is 0.775. The van der Waals surface area contributed by atoms with Crippen molar-refractivity contribution < 1.29 is 14.3 Å². The van der Waals surface area contributed by atoms with E-state index in [4.69, 9.17) is 9.47 Å². The Morgan fingerprint density at radius 1 is 1.17 bits per heavy atom. The molecule has 0 fully saturated rings. The van der Waals surface area contributed by atoms with Crippen molar-refractivity contribution in [3.63, 3.8) is 0 Å². The lowest BCUT2D eigenvalue weighted by molar-refractivity contribution is -0.150. The van der Waals surface area contributed by atoms with Gasteiger partial charge in [0.25, 0.3) is 0 Å². The van der Waals surface area contributed by atoms with Crippen molar-refractivity contribution in [3.05, 3.63) is 42.5 Å². The Hall–Kier alpha value is -2.03. The molecule has 18 heavy (non-hydrogen) atoms. The lowest BCUT2D eigenvalue weighted by Gasteiger charge is -2.14. The summed E-state index contributed by atoms with van der Waals surface area (Å²) < 4.78 is 10.6. The predicted octanol–water partition coefficient (Wildman–Crippen LogP) is 3.17. The molecule has 2 aromatic carbocycles. The van der Waals surface area contributed by atoms with Gasteiger partial charge in [0, 0.05) is 5.39 Å². The van der Waals surface area contributed by atoms with Crippen LogP contribution in [0.5, 0.6) is 5.75 Å². The number of rotatable bonds is 4. The molecule has 3 heteroatoms. The summed E-state index contributed by atoms with van der Waals surface area (Å²) in [5.41, 5.74) is 0. The zero-order valence-electron chi connectivity index (χ0n) is 10.6. The van der Waals surface area contributed by atoms with E-state index < -0.39 is 6.10 Å². The van der Waals surface area contributed by atoms with Gasteiger partial charge in [-0.05, 0) is 25.3 Å². The van der Waals surface area contributed by atoms with Crippen LogP contribution in [-0.2, 0) is 9.53 Å². The van der Waals surface area contributed by atoms with E-state index in [0.29, 0.717) is 12.4 Å². The molecular formula is C15H16O3. The van der Waals surface area contributed by atoms with E-state index in [0.717, 1.165) is 10.8 Å². The molecule has 0 radical (unpaired) electrons. The second kappa shape index (κ2) is 5.54. The van der Waals surface area contributed by atoms with Crippen LogP contribution in [0.15, 0.2) is 42.5 Å². The van der Waals surface area contributed by atoms with Crippen molar-refractivity contribution >= 4 is 16.7 Å². The van der Waals surface area contributed by atoms with Gasteiger partial charge >= 0.3 is 5.97 Å². The fourth-order valence-electron chi connectivity index (χ4n) is 1.80. The van der Waals surface area contributed by atoms with E-state index in [1.165, 1.54) is 0 Å². The van der Waals surface area contributed by atoms with E-state index in [2.05, 4.69) is 0 Å². The first kappa shape index (κ1) is 12.4. The predicted molar refractivity (Wildman–Crippen MR) is 70.7 cm³/mol. The first-order valence-electron chi connectivity index (χ1n) is 6.03. The van der Waals surface area contributed by atoms with Crippen LogP contribution in [0.1, 0.15) is 13.8 Å². The fourth-order valence-corrected chi connectivity index (χ4v) is 1.80. The smallest absolute Gasteiger partial charge is 0.347 e. The maximum absolute atomic E-state index is 11.5. The van der Waals surface area contributed by atoms with Crippen molar-refractivity contribution in [2.75, 3.05) is 6.61 Å². The highest BCUT2D eigenvalue weighted by Crippen LogP contribution is 2.26. The van der Waals surface area contributed by atoms with E-state index in [-0.39, 0.29) is 5.97 Å². The first-order chi connectivity index (χ1) is 8.72. The molecule has 2 rings (SSSR count). The minimum Gasteiger partial charge on any atom is -0.478 e. The Balaban J connectivity index is 2.24. The van der Waals surface area contributed by atoms with E-state index in [1.807, 2.05) is 42.5 Å². The molecule has 0 amide bonds. The Morgan fingerprint density at radius 3 is 2.67 bits per heavy atom. The summed E-state index contributed by atoms with van der Waals surface area (Å²) in [6.07, 6.45) is -0.601. The standard InChI is InChI=1S/C15H16O3/c1-3-17-15(16)11(2)18-14-10-6-8-12-7-4-5-9-13(12)14/h4-11H,3H2,1-2H3/t11-/m0/s1. The topological polar surface area (TPSA) is 35.5 Å². The maximum atomic E-state index is 11.5. The zero-order chi connectivity index (χ0) is 13.0. The molecule has 2 aromatic rings. The third kappa shape index (κ3) is 2.62. The normalized spacial score (nSPS) is 12.1. The van der Waals surface area contributed by atoms with Gasteiger partial charge < -0.3 is 9.47 Å². The second-order valence-corrected chi connectivity index (χ2v) is 3.99. The highest BCUT2D eigenvalue weighted by atomic mass is 16.6. The number of fused-ring (bicyclic) bond motifs is 1. The molecule has 0 spiro atoms. The summed E-state index contributed by atoms with van der Waals surface area (Å²) in [6.45, 7) is 3.84. The molecule has 1 atom stereocenters. The Labute approximate surface area is 106 Å². The molecule has 0 saturated carbocycles. The zero-order valence-corrected chi connectivity index (χ0v) is 10.6. The molecule has 0 aliphatic heterocycles. The summed E-state index contributed by atoms with van der Waals surface area (Å²) in [5, 5.41) is 2.09. The van der Waals surface area contributed by atoms with Gasteiger partial charge in [-0.2, -0.15) is 0 Å². The van der Waals surface area contributed by atoms with Gasteiger partial charge in [-0.15, -0.1) is 0 Å². The summed E-state index contributed by atoms with van der Waals surface area (Å²) in [6, 6.07) is 13.7. The van der Waals surface area contributed by atoms with E-state index >= 15 is 0 Å². The van der Waals surface area contributed by atoms with Crippen LogP contribution in [0.2, 0.25) is 0 Å². The highest BCUT2D eigenvalue weighted by molar-refractivity contribution is 5.88. The first-order valence-corrected chi connectivity index (χ1v) is 6.03. The number of benzene rings is 2. The average Bonchev–Trinajstić information content (AvgIpc) is 2.39. The van der Waals surface area contributed by atoms with Crippen LogP contribution in [-0.4, -0.2) is 18.7 Å². The largest absolute Gasteiger partial charge is 0.478 e. The highest BCUT2D eigenvalue weighted by Gasteiger charge is 2.16. The molecule has 0 aromatic heterocycles. The van der Waals surface area contributed by atoms with Crippen LogP contribution in [0.3, 0.4) is 0 Å². The molecule has 0 unspecified atom stereocenters. The molecule has 0 N–H and O–H groups in total. The third-order valence-corrected chi connectivity index (χ3v) is 2.67. The number of carbonyl (C=O) groups is 1. The Bertz CT molecular complexity index is 543.